The number of hydrogen-bond acceptors (Lipinski definition) is 2. The number of benzene rings is 12. The summed E-state index contributed by atoms with van der Waals surface area (Å²) in [6.45, 7) is 0. The van der Waals surface area contributed by atoms with E-state index in [1.807, 2.05) is 0 Å². The van der Waals surface area contributed by atoms with Crippen LogP contribution in [0.2, 0.25) is 0 Å². The molecule has 1 atom stereocenters. The van der Waals surface area contributed by atoms with E-state index in [0.29, 0.717) is 0 Å². The highest BCUT2D eigenvalue weighted by Crippen LogP contribution is 2.69. The molecule has 3 aliphatic carbocycles. The molecule has 0 aromatic heterocycles. The molecule has 0 bridgehead atoms. The lowest BCUT2D eigenvalue weighted by atomic mass is 9.67. The van der Waals surface area contributed by atoms with Crippen molar-refractivity contribution in [2.45, 2.75) is 10.8 Å². The van der Waals surface area contributed by atoms with Crippen LogP contribution in [-0.4, -0.2) is 0 Å². The summed E-state index contributed by atoms with van der Waals surface area (Å²) in [7, 11) is 0. The van der Waals surface area contributed by atoms with E-state index in [2.05, 4.69) is 301 Å². The van der Waals surface area contributed by atoms with Gasteiger partial charge in [0.25, 0.3) is 0 Å². The Hall–Kier alpha value is -9.50. The van der Waals surface area contributed by atoms with E-state index in [0.717, 1.165) is 34.1 Å². The zero-order valence-electron chi connectivity index (χ0n) is 40.6. The third-order valence-electron chi connectivity index (χ3n) is 16.3. The summed E-state index contributed by atoms with van der Waals surface area (Å²) >= 11 is 0. The molecule has 1 unspecified atom stereocenters. The van der Waals surface area contributed by atoms with Crippen LogP contribution in [0, 0.1) is 0 Å². The van der Waals surface area contributed by atoms with Crippen molar-refractivity contribution >= 4 is 44.9 Å². The first-order valence-corrected chi connectivity index (χ1v) is 25.8. The van der Waals surface area contributed by atoms with Crippen molar-refractivity contribution in [1.82, 2.24) is 0 Å². The van der Waals surface area contributed by atoms with Crippen molar-refractivity contribution in [2.24, 2.45) is 0 Å². The molecule has 0 saturated carbocycles. The van der Waals surface area contributed by atoms with Gasteiger partial charge in [-0.1, -0.05) is 237 Å². The quantitative estimate of drug-likeness (QED) is 0.150. The highest BCUT2D eigenvalue weighted by molar-refractivity contribution is 6.12. The molecule has 346 valence electrons. The third kappa shape index (κ3) is 5.76. The molecule has 3 aliphatic rings. The fraction of sp³-hybridized carbons (Fsp3) is 0.0278. The summed E-state index contributed by atoms with van der Waals surface area (Å²) in [5, 5.41) is 2.45. The van der Waals surface area contributed by atoms with E-state index in [1.165, 1.54) is 88.7 Å². The van der Waals surface area contributed by atoms with E-state index in [1.54, 1.807) is 0 Å². The van der Waals surface area contributed by atoms with Crippen LogP contribution in [0.4, 0.5) is 34.1 Å². The summed E-state index contributed by atoms with van der Waals surface area (Å²) in [5.74, 6) is 0. The first-order chi connectivity index (χ1) is 36.8. The van der Waals surface area contributed by atoms with Gasteiger partial charge in [0.05, 0.1) is 27.9 Å². The Morgan fingerprint density at radius 1 is 0.243 bits per heavy atom. The minimum absolute atomic E-state index is 0.571. The minimum Gasteiger partial charge on any atom is -0.310 e. The Morgan fingerprint density at radius 2 is 0.608 bits per heavy atom. The van der Waals surface area contributed by atoms with Crippen molar-refractivity contribution in [3.8, 4) is 33.4 Å². The van der Waals surface area contributed by atoms with E-state index >= 15 is 0 Å². The van der Waals surface area contributed by atoms with E-state index in [-0.39, 0.29) is 0 Å². The fourth-order valence-electron chi connectivity index (χ4n) is 13.6. The number of anilines is 6. The van der Waals surface area contributed by atoms with Crippen LogP contribution in [0.3, 0.4) is 0 Å². The number of nitrogens with zero attached hydrogens (tertiary/aromatic N) is 2. The monoisotopic (exact) mass is 940 g/mol. The van der Waals surface area contributed by atoms with Gasteiger partial charge in [0.1, 0.15) is 0 Å². The van der Waals surface area contributed by atoms with Gasteiger partial charge < -0.3 is 9.80 Å². The molecule has 0 heterocycles. The highest BCUT2D eigenvalue weighted by atomic mass is 15.2. The van der Waals surface area contributed by atoms with Crippen LogP contribution in [-0.2, 0) is 10.8 Å². The minimum atomic E-state index is -0.715. The smallest absolute Gasteiger partial charge is 0.0747 e. The summed E-state index contributed by atoms with van der Waals surface area (Å²) in [5.41, 5.74) is 23.2. The second-order valence-electron chi connectivity index (χ2n) is 19.8. The van der Waals surface area contributed by atoms with Crippen LogP contribution in [0.1, 0.15) is 44.5 Å². The molecule has 0 saturated heterocycles. The SMILES string of the molecule is c1ccc(N(c2ccccc2)c2cccc3c2-c2ccccc2C32c3ccccc3-c3c2c(N(c2ccccc2)c2cccc4c2-c2ccccc2C4(c2ccccc2)c2ccccc2)cc2ccccc32)cc1. The van der Waals surface area contributed by atoms with Gasteiger partial charge in [0.15, 0.2) is 0 Å². The lowest BCUT2D eigenvalue weighted by molar-refractivity contribution is 0.768. The maximum atomic E-state index is 2.62. The summed E-state index contributed by atoms with van der Waals surface area (Å²) in [6.07, 6.45) is 0. The molecule has 0 N–H and O–H groups in total. The first-order valence-electron chi connectivity index (χ1n) is 25.8. The van der Waals surface area contributed by atoms with Crippen molar-refractivity contribution in [2.75, 3.05) is 9.80 Å². The average Bonchev–Trinajstić information content (AvgIpc) is 4.13. The molecular weight excluding hydrogens is 893 g/mol. The predicted octanol–water partition coefficient (Wildman–Crippen LogP) is 18.5. The topological polar surface area (TPSA) is 6.48 Å². The molecule has 1 spiro atoms. The Labute approximate surface area is 432 Å². The molecular formula is C72H48N2. The zero-order chi connectivity index (χ0) is 48.8. The van der Waals surface area contributed by atoms with E-state index in [4.69, 9.17) is 0 Å². The Bertz CT molecular complexity index is 4050. The highest BCUT2D eigenvalue weighted by Gasteiger charge is 2.55. The lowest BCUT2D eigenvalue weighted by Gasteiger charge is -2.37. The summed E-state index contributed by atoms with van der Waals surface area (Å²) < 4.78 is 0. The van der Waals surface area contributed by atoms with E-state index in [9.17, 15) is 0 Å². The first kappa shape index (κ1) is 42.2. The van der Waals surface area contributed by atoms with Gasteiger partial charge in [-0.3, -0.25) is 0 Å². The normalized spacial score (nSPS) is 14.9. The van der Waals surface area contributed by atoms with Gasteiger partial charge in [-0.05, 0) is 127 Å². The largest absolute Gasteiger partial charge is 0.310 e. The molecule has 0 aliphatic heterocycles. The molecule has 15 rings (SSSR count). The van der Waals surface area contributed by atoms with Gasteiger partial charge in [-0.25, -0.2) is 0 Å². The third-order valence-corrected chi connectivity index (χ3v) is 16.3. The van der Waals surface area contributed by atoms with E-state index < -0.39 is 10.8 Å². The van der Waals surface area contributed by atoms with Crippen LogP contribution in [0.5, 0.6) is 0 Å². The van der Waals surface area contributed by atoms with Gasteiger partial charge in [-0.2, -0.15) is 0 Å². The molecule has 0 amide bonds. The van der Waals surface area contributed by atoms with Gasteiger partial charge >= 0.3 is 0 Å². The van der Waals surface area contributed by atoms with Crippen LogP contribution in [0.25, 0.3) is 44.2 Å². The van der Waals surface area contributed by atoms with Gasteiger partial charge in [-0.15, -0.1) is 0 Å². The molecule has 0 radical (unpaired) electrons. The van der Waals surface area contributed by atoms with Crippen molar-refractivity contribution in [1.29, 1.82) is 0 Å². The molecule has 0 fully saturated rings. The van der Waals surface area contributed by atoms with Crippen LogP contribution in [0.15, 0.2) is 291 Å². The Morgan fingerprint density at radius 3 is 1.12 bits per heavy atom. The molecule has 2 nitrogen and oxygen atoms in total. The second-order valence-corrected chi connectivity index (χ2v) is 19.8. The maximum Gasteiger partial charge on any atom is 0.0747 e. The standard InChI is InChI=1S/C72H48N2/c1-6-27-50(28-7-1)71(51-29-8-2-9-30-51)59-41-21-19-39-57(59)68-62(71)44-24-47-65(68)74(54-35-14-5-15-36-54)66-48-49-26-16-17-37-55(49)67-56-38-18-22-42-60(56)72(70(66)67)61-43-23-20-40-58(61)69-63(72)45-25-46-64(69)73(52-31-10-3-11-32-52)53-33-12-4-13-34-53/h1-48H. The van der Waals surface area contributed by atoms with Crippen LogP contribution >= 0.6 is 0 Å². The Kier molecular flexibility index (Phi) is 9.43. The number of rotatable bonds is 8. The number of fused-ring (bicyclic) bond motifs is 15. The predicted molar refractivity (Wildman–Crippen MR) is 307 cm³/mol. The number of hydrogen-bond donors (Lipinski definition) is 0. The molecule has 12 aromatic carbocycles. The lowest BCUT2D eigenvalue weighted by Crippen LogP contribution is -2.29. The van der Waals surface area contributed by atoms with Gasteiger partial charge in [0, 0.05) is 33.8 Å². The van der Waals surface area contributed by atoms with Crippen molar-refractivity contribution in [3.63, 3.8) is 0 Å². The second kappa shape index (κ2) is 16.5. The van der Waals surface area contributed by atoms with Crippen molar-refractivity contribution < 1.29 is 0 Å². The summed E-state index contributed by atoms with van der Waals surface area (Å²) in [4.78, 5) is 5.07. The molecule has 74 heavy (non-hydrogen) atoms. The zero-order valence-corrected chi connectivity index (χ0v) is 40.6. The van der Waals surface area contributed by atoms with Crippen LogP contribution < -0.4 is 9.80 Å². The molecule has 12 aromatic rings. The Balaban J connectivity index is 1.09. The van der Waals surface area contributed by atoms with Gasteiger partial charge in [0.2, 0.25) is 0 Å². The van der Waals surface area contributed by atoms with Crippen molar-refractivity contribution in [3.05, 3.63) is 336 Å². The number of para-hydroxylation sites is 3. The fourth-order valence-corrected chi connectivity index (χ4v) is 13.6. The molecule has 2 heteroatoms. The average molecular weight is 941 g/mol. The maximum absolute atomic E-state index is 2.62. The summed E-state index contributed by atoms with van der Waals surface area (Å²) in [6, 6.07) is 108.